The van der Waals surface area contributed by atoms with Gasteiger partial charge in [-0.1, -0.05) is 11.6 Å². The van der Waals surface area contributed by atoms with Gasteiger partial charge in [-0.25, -0.2) is 0 Å². The second kappa shape index (κ2) is 3.96. The van der Waals surface area contributed by atoms with Gasteiger partial charge < -0.3 is 5.32 Å². The van der Waals surface area contributed by atoms with Crippen molar-refractivity contribution in [1.29, 1.82) is 0 Å². The lowest BCUT2D eigenvalue weighted by Crippen LogP contribution is -2.22. The Morgan fingerprint density at radius 1 is 1.71 bits per heavy atom. The van der Waals surface area contributed by atoms with Gasteiger partial charge in [0.25, 0.3) is 0 Å². The van der Waals surface area contributed by atoms with E-state index in [-0.39, 0.29) is 0 Å². The molecule has 1 aromatic heterocycles. The van der Waals surface area contributed by atoms with Crippen molar-refractivity contribution in [2.75, 3.05) is 6.54 Å². The number of hydrogen-bond acceptors (Lipinski definition) is 2. The van der Waals surface area contributed by atoms with Crippen molar-refractivity contribution >= 4 is 6.08 Å². The molecule has 3 nitrogen and oxygen atoms in total. The van der Waals surface area contributed by atoms with Crippen molar-refractivity contribution in [2.45, 2.75) is 25.8 Å². The van der Waals surface area contributed by atoms with Gasteiger partial charge in [-0.15, -0.1) is 0 Å². The van der Waals surface area contributed by atoms with Gasteiger partial charge in [0.1, 0.15) is 0 Å². The van der Waals surface area contributed by atoms with Gasteiger partial charge in [-0.3, -0.25) is 4.68 Å². The van der Waals surface area contributed by atoms with Crippen LogP contribution in [-0.2, 0) is 7.05 Å². The molecule has 2 heterocycles. The molecule has 1 aliphatic rings. The fourth-order valence-electron chi connectivity index (χ4n) is 1.95. The molecule has 0 spiro atoms. The van der Waals surface area contributed by atoms with E-state index in [9.17, 15) is 0 Å². The molecule has 3 heteroatoms. The maximum absolute atomic E-state index is 4.15. The molecule has 1 atom stereocenters. The largest absolute Gasteiger partial charge is 0.310 e. The Morgan fingerprint density at radius 3 is 3.14 bits per heavy atom. The third kappa shape index (κ3) is 2.04. The van der Waals surface area contributed by atoms with Crippen LogP contribution in [-0.4, -0.2) is 22.4 Å². The highest BCUT2D eigenvalue weighted by atomic mass is 15.2. The van der Waals surface area contributed by atoms with E-state index in [2.05, 4.69) is 23.4 Å². The molecule has 1 aliphatic heterocycles. The van der Waals surface area contributed by atoms with E-state index < -0.39 is 0 Å². The van der Waals surface area contributed by atoms with Crippen LogP contribution in [0, 0.1) is 0 Å². The number of rotatable bonds is 2. The summed E-state index contributed by atoms with van der Waals surface area (Å²) in [5.74, 6) is 0. The summed E-state index contributed by atoms with van der Waals surface area (Å²) < 4.78 is 1.83. The van der Waals surface area contributed by atoms with Crippen molar-refractivity contribution < 1.29 is 0 Å². The summed E-state index contributed by atoms with van der Waals surface area (Å²) in [7, 11) is 1.94. The minimum Gasteiger partial charge on any atom is -0.310 e. The first kappa shape index (κ1) is 9.46. The van der Waals surface area contributed by atoms with Crippen molar-refractivity contribution in [1.82, 2.24) is 15.1 Å². The van der Waals surface area contributed by atoms with Crippen LogP contribution in [0.4, 0.5) is 0 Å². The quantitative estimate of drug-likeness (QED) is 0.769. The Bertz CT molecular complexity index is 332. The first-order valence-electron chi connectivity index (χ1n) is 5.16. The number of nitrogens with zero attached hydrogens (tertiary/aromatic N) is 2. The molecular weight excluding hydrogens is 174 g/mol. The Morgan fingerprint density at radius 2 is 2.57 bits per heavy atom. The van der Waals surface area contributed by atoms with Crippen LogP contribution in [0.15, 0.2) is 18.0 Å². The highest BCUT2D eigenvalue weighted by Gasteiger charge is 2.15. The standard InChI is InChI=1S/C11H17N3/c1-9(11-4-3-5-12-11)6-10-7-13-14(2)8-10/h6-8,11-12H,3-5H2,1-2H3/b9-6+. The van der Waals surface area contributed by atoms with Crippen LogP contribution in [0.3, 0.4) is 0 Å². The topological polar surface area (TPSA) is 29.9 Å². The predicted molar refractivity (Wildman–Crippen MR) is 57.9 cm³/mol. The summed E-state index contributed by atoms with van der Waals surface area (Å²) in [5, 5.41) is 7.64. The fourth-order valence-corrected chi connectivity index (χ4v) is 1.95. The van der Waals surface area contributed by atoms with Gasteiger partial charge in [0, 0.05) is 24.8 Å². The summed E-state index contributed by atoms with van der Waals surface area (Å²) in [6.07, 6.45) is 8.72. The van der Waals surface area contributed by atoms with Crippen LogP contribution < -0.4 is 5.32 Å². The Labute approximate surface area is 84.8 Å². The third-order valence-electron chi connectivity index (χ3n) is 2.73. The van der Waals surface area contributed by atoms with E-state index in [0.29, 0.717) is 6.04 Å². The molecule has 0 radical (unpaired) electrons. The molecule has 0 aromatic carbocycles. The molecule has 0 saturated carbocycles. The van der Waals surface area contributed by atoms with E-state index in [1.807, 2.05) is 24.1 Å². The zero-order chi connectivity index (χ0) is 9.97. The molecule has 1 fully saturated rings. The summed E-state index contributed by atoms with van der Waals surface area (Å²) in [6, 6.07) is 0.579. The molecule has 76 valence electrons. The van der Waals surface area contributed by atoms with Gasteiger partial charge in [0.2, 0.25) is 0 Å². The van der Waals surface area contributed by atoms with Crippen molar-refractivity contribution in [3.8, 4) is 0 Å². The number of aromatic nitrogens is 2. The monoisotopic (exact) mass is 191 g/mol. The third-order valence-corrected chi connectivity index (χ3v) is 2.73. The van der Waals surface area contributed by atoms with Gasteiger partial charge >= 0.3 is 0 Å². The minimum absolute atomic E-state index is 0.579. The van der Waals surface area contributed by atoms with Gasteiger partial charge in [-0.2, -0.15) is 5.10 Å². The SMILES string of the molecule is C/C(=C\c1cnn(C)c1)C1CCCN1. The molecule has 1 N–H and O–H groups in total. The van der Waals surface area contributed by atoms with Gasteiger partial charge in [-0.05, 0) is 26.3 Å². The molecule has 1 aromatic rings. The number of nitrogens with one attached hydrogen (secondary N) is 1. The highest BCUT2D eigenvalue weighted by Crippen LogP contribution is 2.16. The lowest BCUT2D eigenvalue weighted by Gasteiger charge is -2.09. The zero-order valence-corrected chi connectivity index (χ0v) is 8.83. The second-order valence-electron chi connectivity index (χ2n) is 3.98. The normalized spacial score (nSPS) is 23.0. The van der Waals surface area contributed by atoms with Crippen LogP contribution in [0.1, 0.15) is 25.3 Å². The Hall–Kier alpha value is -1.09. The summed E-state index contributed by atoms with van der Waals surface area (Å²) in [6.45, 7) is 3.35. The minimum atomic E-state index is 0.579. The van der Waals surface area contributed by atoms with Gasteiger partial charge in [0.05, 0.1) is 6.20 Å². The molecular formula is C11H17N3. The average molecular weight is 191 g/mol. The predicted octanol–water partition coefficient (Wildman–Crippen LogP) is 1.58. The van der Waals surface area contributed by atoms with Crippen LogP contribution in [0.5, 0.6) is 0 Å². The van der Waals surface area contributed by atoms with E-state index in [0.717, 1.165) is 6.54 Å². The maximum atomic E-state index is 4.15. The van der Waals surface area contributed by atoms with E-state index in [1.54, 1.807) is 0 Å². The van der Waals surface area contributed by atoms with Crippen LogP contribution >= 0.6 is 0 Å². The molecule has 2 rings (SSSR count). The van der Waals surface area contributed by atoms with Crippen LogP contribution in [0.25, 0.3) is 6.08 Å². The number of hydrogen-bond donors (Lipinski definition) is 1. The summed E-state index contributed by atoms with van der Waals surface area (Å²) in [5.41, 5.74) is 2.61. The molecule has 14 heavy (non-hydrogen) atoms. The van der Waals surface area contributed by atoms with E-state index >= 15 is 0 Å². The lowest BCUT2D eigenvalue weighted by atomic mass is 10.1. The fraction of sp³-hybridized carbons (Fsp3) is 0.545. The molecule has 1 saturated heterocycles. The summed E-state index contributed by atoms with van der Waals surface area (Å²) in [4.78, 5) is 0. The molecule has 1 unspecified atom stereocenters. The smallest absolute Gasteiger partial charge is 0.0562 e. The van der Waals surface area contributed by atoms with Crippen molar-refractivity contribution in [2.24, 2.45) is 7.05 Å². The van der Waals surface area contributed by atoms with Crippen LogP contribution in [0.2, 0.25) is 0 Å². The maximum Gasteiger partial charge on any atom is 0.0562 e. The molecule has 0 aliphatic carbocycles. The molecule has 0 amide bonds. The molecule has 0 bridgehead atoms. The van der Waals surface area contributed by atoms with Gasteiger partial charge in [0.15, 0.2) is 0 Å². The lowest BCUT2D eigenvalue weighted by molar-refractivity contribution is 0.693. The summed E-state index contributed by atoms with van der Waals surface area (Å²) >= 11 is 0. The first-order valence-corrected chi connectivity index (χ1v) is 5.16. The highest BCUT2D eigenvalue weighted by molar-refractivity contribution is 5.51. The van der Waals surface area contributed by atoms with Crippen molar-refractivity contribution in [3.05, 3.63) is 23.5 Å². The first-order chi connectivity index (χ1) is 6.75. The Balaban J connectivity index is 2.09. The zero-order valence-electron chi connectivity index (χ0n) is 8.83. The Kier molecular flexibility index (Phi) is 2.68. The van der Waals surface area contributed by atoms with Crippen molar-refractivity contribution in [3.63, 3.8) is 0 Å². The van der Waals surface area contributed by atoms with E-state index in [4.69, 9.17) is 0 Å². The number of aryl methyl sites for hydroxylation is 1. The van der Waals surface area contributed by atoms with E-state index in [1.165, 1.54) is 24.0 Å². The second-order valence-corrected chi connectivity index (χ2v) is 3.98. The average Bonchev–Trinajstić information content (AvgIpc) is 2.75.